The molecule has 0 fully saturated rings. The monoisotopic (exact) mass is 478 g/mol. The number of sulfone groups is 1. The zero-order chi connectivity index (χ0) is 20.1. The molecule has 8 heteroatoms. The number of allylic oxidation sites excluding steroid dienone is 1. The third kappa shape index (κ3) is 5.27. The van der Waals surface area contributed by atoms with Crippen LogP contribution in [0.1, 0.15) is 12.0 Å². The number of aromatic nitrogens is 1. The van der Waals surface area contributed by atoms with Gasteiger partial charge < -0.3 is 4.57 Å². The first kappa shape index (κ1) is 20.7. The summed E-state index contributed by atoms with van der Waals surface area (Å²) in [5.74, 6) is -0.739. The number of benzene rings is 2. The Labute approximate surface area is 176 Å². The van der Waals surface area contributed by atoms with Crippen LogP contribution in [-0.4, -0.2) is 24.6 Å². The van der Waals surface area contributed by atoms with Gasteiger partial charge in [0.2, 0.25) is 5.91 Å². The number of hydrogen-bond acceptors (Lipinski definition) is 4. The standard InChI is InChI=1S/C20H19BrN2O3S2/c1-2-11-23-17-9-8-16(21)13-18(17)27-20(23)22-19(24)10-12-28(25,26)14-15-6-4-3-5-7-15/h2-9,13H,1,10-12,14H2. The van der Waals surface area contributed by atoms with Gasteiger partial charge in [-0.05, 0) is 23.8 Å². The molecule has 0 atom stereocenters. The van der Waals surface area contributed by atoms with E-state index in [4.69, 9.17) is 0 Å². The van der Waals surface area contributed by atoms with E-state index in [-0.39, 0.29) is 17.9 Å². The minimum Gasteiger partial charge on any atom is -0.313 e. The van der Waals surface area contributed by atoms with Gasteiger partial charge in [-0.25, -0.2) is 8.42 Å². The van der Waals surface area contributed by atoms with Crippen LogP contribution in [0.2, 0.25) is 0 Å². The molecule has 0 radical (unpaired) electrons. The summed E-state index contributed by atoms with van der Waals surface area (Å²) in [7, 11) is -3.38. The molecule has 0 spiro atoms. The van der Waals surface area contributed by atoms with E-state index in [1.54, 1.807) is 30.3 Å². The van der Waals surface area contributed by atoms with Gasteiger partial charge in [0, 0.05) is 17.4 Å². The summed E-state index contributed by atoms with van der Waals surface area (Å²) >= 11 is 4.83. The predicted octanol–water partition coefficient (Wildman–Crippen LogP) is 4.08. The van der Waals surface area contributed by atoms with Crippen molar-refractivity contribution < 1.29 is 13.2 Å². The van der Waals surface area contributed by atoms with Crippen LogP contribution in [0.15, 0.2) is 70.7 Å². The molecular weight excluding hydrogens is 460 g/mol. The van der Waals surface area contributed by atoms with Crippen molar-refractivity contribution >= 4 is 53.2 Å². The van der Waals surface area contributed by atoms with Crippen molar-refractivity contribution in [2.75, 3.05) is 5.75 Å². The number of halogens is 1. The number of rotatable bonds is 7. The van der Waals surface area contributed by atoms with E-state index in [0.29, 0.717) is 16.9 Å². The lowest BCUT2D eigenvalue weighted by molar-refractivity contribution is -0.117. The summed E-state index contributed by atoms with van der Waals surface area (Å²) in [5, 5.41) is 0. The van der Waals surface area contributed by atoms with Crippen LogP contribution < -0.4 is 4.80 Å². The smallest absolute Gasteiger partial charge is 0.249 e. The quantitative estimate of drug-likeness (QED) is 0.480. The minimum atomic E-state index is -3.38. The van der Waals surface area contributed by atoms with Crippen molar-refractivity contribution in [1.82, 2.24) is 4.57 Å². The van der Waals surface area contributed by atoms with E-state index < -0.39 is 15.7 Å². The second-order valence-electron chi connectivity index (χ2n) is 6.23. The summed E-state index contributed by atoms with van der Waals surface area (Å²) in [5.41, 5.74) is 1.67. The van der Waals surface area contributed by atoms with Crippen LogP contribution in [0.3, 0.4) is 0 Å². The molecule has 0 saturated heterocycles. The zero-order valence-electron chi connectivity index (χ0n) is 15.0. The van der Waals surface area contributed by atoms with Crippen LogP contribution in [0.25, 0.3) is 10.2 Å². The Kier molecular flexibility index (Phi) is 6.64. The maximum atomic E-state index is 12.3. The number of hydrogen-bond donors (Lipinski definition) is 0. The second-order valence-corrected chi connectivity index (χ2v) is 10.3. The molecule has 0 N–H and O–H groups in total. The number of fused-ring (bicyclic) bond motifs is 1. The summed E-state index contributed by atoms with van der Waals surface area (Å²) in [6, 6.07) is 14.8. The van der Waals surface area contributed by atoms with E-state index >= 15 is 0 Å². The normalized spacial score (nSPS) is 12.4. The van der Waals surface area contributed by atoms with Gasteiger partial charge in [0.05, 0.1) is 21.7 Å². The molecule has 0 aliphatic rings. The Morgan fingerprint density at radius 3 is 2.68 bits per heavy atom. The fraction of sp³-hybridized carbons (Fsp3) is 0.200. The lowest BCUT2D eigenvalue weighted by Crippen LogP contribution is -2.18. The van der Waals surface area contributed by atoms with E-state index in [1.165, 1.54) is 11.3 Å². The Balaban J connectivity index is 1.79. The van der Waals surface area contributed by atoms with Crippen LogP contribution in [0.4, 0.5) is 0 Å². The first-order valence-corrected chi connectivity index (χ1v) is 12.0. The van der Waals surface area contributed by atoms with E-state index in [0.717, 1.165) is 14.7 Å². The molecule has 146 valence electrons. The van der Waals surface area contributed by atoms with Gasteiger partial charge in [-0.3, -0.25) is 4.79 Å². The highest BCUT2D eigenvalue weighted by atomic mass is 79.9. The molecule has 1 aromatic heterocycles. The summed E-state index contributed by atoms with van der Waals surface area (Å²) in [4.78, 5) is 17.0. The van der Waals surface area contributed by atoms with Crippen LogP contribution in [-0.2, 0) is 26.9 Å². The highest BCUT2D eigenvalue weighted by molar-refractivity contribution is 9.10. The van der Waals surface area contributed by atoms with Crippen LogP contribution in [0, 0.1) is 0 Å². The van der Waals surface area contributed by atoms with Gasteiger partial charge in [-0.15, -0.1) is 6.58 Å². The van der Waals surface area contributed by atoms with Crippen molar-refractivity contribution in [2.45, 2.75) is 18.7 Å². The van der Waals surface area contributed by atoms with Gasteiger partial charge in [-0.2, -0.15) is 4.99 Å². The van der Waals surface area contributed by atoms with Gasteiger partial charge in [-0.1, -0.05) is 63.7 Å². The lowest BCUT2D eigenvalue weighted by atomic mass is 10.2. The number of carbonyl (C=O) groups excluding carboxylic acids is 1. The molecule has 3 aromatic rings. The number of thiazole rings is 1. The van der Waals surface area contributed by atoms with E-state index in [1.807, 2.05) is 28.8 Å². The highest BCUT2D eigenvalue weighted by Crippen LogP contribution is 2.22. The van der Waals surface area contributed by atoms with E-state index in [2.05, 4.69) is 27.5 Å². The molecular formula is C20H19BrN2O3S2. The molecule has 1 heterocycles. The molecule has 0 bridgehead atoms. The Bertz CT molecular complexity index is 1180. The first-order chi connectivity index (χ1) is 13.4. The maximum absolute atomic E-state index is 12.3. The molecule has 5 nitrogen and oxygen atoms in total. The molecule has 0 saturated carbocycles. The average molecular weight is 479 g/mol. The summed E-state index contributed by atoms with van der Waals surface area (Å²) in [6.07, 6.45) is 1.60. The zero-order valence-corrected chi connectivity index (χ0v) is 18.3. The topological polar surface area (TPSA) is 68.5 Å². The Morgan fingerprint density at radius 1 is 1.21 bits per heavy atom. The summed E-state index contributed by atoms with van der Waals surface area (Å²) < 4.78 is 28.4. The number of carbonyl (C=O) groups is 1. The molecule has 0 aliphatic carbocycles. The molecule has 0 aliphatic heterocycles. The fourth-order valence-electron chi connectivity index (χ4n) is 2.74. The average Bonchev–Trinajstić information content (AvgIpc) is 2.97. The second kappa shape index (κ2) is 8.98. The van der Waals surface area contributed by atoms with Gasteiger partial charge in [0.1, 0.15) is 0 Å². The largest absolute Gasteiger partial charge is 0.313 e. The molecule has 1 amide bonds. The Morgan fingerprint density at radius 2 is 1.96 bits per heavy atom. The SMILES string of the molecule is C=CCn1c(=NC(=O)CCS(=O)(=O)Cc2ccccc2)sc2cc(Br)ccc21. The summed E-state index contributed by atoms with van der Waals surface area (Å²) in [6.45, 7) is 4.27. The van der Waals surface area contributed by atoms with Gasteiger partial charge >= 0.3 is 0 Å². The molecule has 2 aromatic carbocycles. The number of nitrogens with zero attached hydrogens (tertiary/aromatic N) is 2. The van der Waals surface area contributed by atoms with Gasteiger partial charge in [0.25, 0.3) is 0 Å². The Hall–Kier alpha value is -2.03. The lowest BCUT2D eigenvalue weighted by Gasteiger charge is -2.03. The van der Waals surface area contributed by atoms with Crippen molar-refractivity contribution in [3.8, 4) is 0 Å². The molecule has 28 heavy (non-hydrogen) atoms. The van der Waals surface area contributed by atoms with Crippen molar-refractivity contribution in [3.05, 3.63) is 76.0 Å². The third-order valence-corrected chi connectivity index (χ3v) is 7.17. The molecule has 0 unspecified atom stereocenters. The van der Waals surface area contributed by atoms with Crippen molar-refractivity contribution in [1.29, 1.82) is 0 Å². The maximum Gasteiger partial charge on any atom is 0.249 e. The fourth-order valence-corrected chi connectivity index (χ4v) is 5.68. The first-order valence-electron chi connectivity index (χ1n) is 8.60. The highest BCUT2D eigenvalue weighted by Gasteiger charge is 2.15. The van der Waals surface area contributed by atoms with Crippen molar-refractivity contribution in [2.24, 2.45) is 4.99 Å². The van der Waals surface area contributed by atoms with E-state index in [9.17, 15) is 13.2 Å². The number of amides is 1. The van der Waals surface area contributed by atoms with Crippen molar-refractivity contribution in [3.63, 3.8) is 0 Å². The van der Waals surface area contributed by atoms with Gasteiger partial charge in [0.15, 0.2) is 14.6 Å². The minimum absolute atomic E-state index is 0.0749. The predicted molar refractivity (Wildman–Crippen MR) is 117 cm³/mol. The van der Waals surface area contributed by atoms with Crippen LogP contribution in [0.5, 0.6) is 0 Å². The third-order valence-electron chi connectivity index (χ3n) is 4.03. The van der Waals surface area contributed by atoms with Crippen LogP contribution >= 0.6 is 27.3 Å². The molecule has 3 rings (SSSR count).